The Morgan fingerprint density at radius 3 is 2.65 bits per heavy atom. The summed E-state index contributed by atoms with van der Waals surface area (Å²) in [5.74, 6) is 0.495. The Morgan fingerprint density at radius 1 is 1.23 bits per heavy atom. The molecule has 7 heteroatoms. The molecule has 3 rings (SSSR count). The van der Waals surface area contributed by atoms with Crippen molar-refractivity contribution < 1.29 is 8.42 Å². The fourth-order valence-electron chi connectivity index (χ4n) is 3.26. The number of nitrogens with one attached hydrogen (secondary N) is 1. The Balaban J connectivity index is 1.52. The standard InChI is InChI=1S/C19H24BrN3O2S/c1-15-10-17(20)12-19(11-15)26(24,25)23-8-5-16(6-9-23)13-21-14-18-4-2-3-7-22-18/h2-4,7,10-12,16,21H,5-6,8-9,13-14H2,1H3. The first-order chi connectivity index (χ1) is 12.4. The summed E-state index contributed by atoms with van der Waals surface area (Å²) in [6.45, 7) is 4.69. The Bertz CT molecular complexity index is 815. The zero-order valence-corrected chi connectivity index (χ0v) is 17.3. The van der Waals surface area contributed by atoms with E-state index in [1.54, 1.807) is 22.6 Å². The molecule has 1 N–H and O–H groups in total. The van der Waals surface area contributed by atoms with Gasteiger partial charge in [0.1, 0.15) is 0 Å². The first-order valence-electron chi connectivity index (χ1n) is 8.83. The molecule has 5 nitrogen and oxygen atoms in total. The van der Waals surface area contributed by atoms with E-state index in [0.717, 1.165) is 41.7 Å². The molecule has 26 heavy (non-hydrogen) atoms. The largest absolute Gasteiger partial charge is 0.311 e. The van der Waals surface area contributed by atoms with Gasteiger partial charge in [-0.25, -0.2) is 8.42 Å². The van der Waals surface area contributed by atoms with Crippen LogP contribution in [0, 0.1) is 12.8 Å². The number of aromatic nitrogens is 1. The normalized spacial score (nSPS) is 16.7. The average molecular weight is 438 g/mol. The zero-order chi connectivity index (χ0) is 18.6. The highest BCUT2D eigenvalue weighted by molar-refractivity contribution is 9.10. The first-order valence-corrected chi connectivity index (χ1v) is 11.1. The molecule has 2 heterocycles. The molecule has 0 spiro atoms. The average Bonchev–Trinajstić information content (AvgIpc) is 2.62. The summed E-state index contributed by atoms with van der Waals surface area (Å²) < 4.78 is 28.2. The third-order valence-electron chi connectivity index (χ3n) is 4.69. The van der Waals surface area contributed by atoms with Crippen LogP contribution < -0.4 is 5.32 Å². The summed E-state index contributed by atoms with van der Waals surface area (Å²) in [4.78, 5) is 4.67. The van der Waals surface area contributed by atoms with Crippen molar-refractivity contribution in [2.24, 2.45) is 5.92 Å². The van der Waals surface area contributed by atoms with Crippen LogP contribution in [0.5, 0.6) is 0 Å². The van der Waals surface area contributed by atoms with Crippen molar-refractivity contribution in [2.75, 3.05) is 19.6 Å². The van der Waals surface area contributed by atoms with E-state index in [0.29, 0.717) is 23.9 Å². The predicted octanol–water partition coefficient (Wildman–Crippen LogP) is 3.34. The molecule has 0 amide bonds. The second kappa shape index (κ2) is 8.61. The minimum atomic E-state index is -3.42. The lowest BCUT2D eigenvalue weighted by atomic mass is 9.98. The number of piperidine rings is 1. The van der Waals surface area contributed by atoms with E-state index in [9.17, 15) is 8.42 Å². The van der Waals surface area contributed by atoms with Gasteiger partial charge in [-0.15, -0.1) is 0 Å². The number of hydrogen-bond donors (Lipinski definition) is 1. The minimum Gasteiger partial charge on any atom is -0.311 e. The lowest BCUT2D eigenvalue weighted by molar-refractivity contribution is 0.267. The number of sulfonamides is 1. The summed E-state index contributed by atoms with van der Waals surface area (Å²) in [5, 5.41) is 3.43. The SMILES string of the molecule is Cc1cc(Br)cc(S(=O)(=O)N2CCC(CNCc3ccccn3)CC2)c1. The molecule has 0 unspecified atom stereocenters. The van der Waals surface area contributed by atoms with Gasteiger partial charge in [-0.3, -0.25) is 4.98 Å². The van der Waals surface area contributed by atoms with Crippen LogP contribution in [-0.2, 0) is 16.6 Å². The maximum absolute atomic E-state index is 12.9. The van der Waals surface area contributed by atoms with Crippen LogP contribution in [-0.4, -0.2) is 37.3 Å². The summed E-state index contributed by atoms with van der Waals surface area (Å²) in [7, 11) is -3.42. The van der Waals surface area contributed by atoms with Crippen molar-refractivity contribution in [1.82, 2.24) is 14.6 Å². The number of nitrogens with zero attached hydrogens (tertiary/aromatic N) is 2. The van der Waals surface area contributed by atoms with Gasteiger partial charge in [-0.1, -0.05) is 22.0 Å². The highest BCUT2D eigenvalue weighted by Gasteiger charge is 2.29. The van der Waals surface area contributed by atoms with Crippen molar-refractivity contribution in [3.05, 3.63) is 58.3 Å². The van der Waals surface area contributed by atoms with Crippen molar-refractivity contribution in [3.63, 3.8) is 0 Å². The van der Waals surface area contributed by atoms with Gasteiger partial charge in [-0.05, 0) is 68.1 Å². The summed E-state index contributed by atoms with van der Waals surface area (Å²) in [6, 6.07) is 11.2. The molecular weight excluding hydrogens is 414 g/mol. The highest BCUT2D eigenvalue weighted by atomic mass is 79.9. The third-order valence-corrected chi connectivity index (χ3v) is 7.03. The van der Waals surface area contributed by atoms with Crippen LogP contribution in [0.15, 0.2) is 52.0 Å². The topological polar surface area (TPSA) is 62.3 Å². The van der Waals surface area contributed by atoms with E-state index in [1.165, 1.54) is 0 Å². The number of halogens is 1. The van der Waals surface area contributed by atoms with Crippen LogP contribution in [0.4, 0.5) is 0 Å². The highest BCUT2D eigenvalue weighted by Crippen LogP contribution is 2.26. The first kappa shape index (κ1) is 19.5. The molecule has 0 radical (unpaired) electrons. The monoisotopic (exact) mass is 437 g/mol. The van der Waals surface area contributed by atoms with Crippen LogP contribution in [0.3, 0.4) is 0 Å². The smallest absolute Gasteiger partial charge is 0.243 e. The molecular formula is C19H24BrN3O2S. The van der Waals surface area contributed by atoms with E-state index >= 15 is 0 Å². The molecule has 140 valence electrons. The van der Waals surface area contributed by atoms with Gasteiger partial charge in [-0.2, -0.15) is 4.31 Å². The van der Waals surface area contributed by atoms with Gasteiger partial charge in [0.15, 0.2) is 0 Å². The van der Waals surface area contributed by atoms with E-state index in [2.05, 4.69) is 26.2 Å². The molecule has 1 aromatic carbocycles. The van der Waals surface area contributed by atoms with E-state index < -0.39 is 10.0 Å². The lowest BCUT2D eigenvalue weighted by Gasteiger charge is -2.31. The summed E-state index contributed by atoms with van der Waals surface area (Å²) in [5.41, 5.74) is 1.96. The summed E-state index contributed by atoms with van der Waals surface area (Å²) in [6.07, 6.45) is 3.55. The van der Waals surface area contributed by atoms with Gasteiger partial charge in [0.2, 0.25) is 10.0 Å². The lowest BCUT2D eigenvalue weighted by Crippen LogP contribution is -2.40. The van der Waals surface area contributed by atoms with E-state index in [-0.39, 0.29) is 0 Å². The number of pyridine rings is 1. The number of rotatable bonds is 6. The molecule has 1 aliphatic heterocycles. The Hall–Kier alpha value is -1.28. The molecule has 0 aliphatic carbocycles. The Kier molecular flexibility index (Phi) is 6.45. The molecule has 2 aromatic rings. The minimum absolute atomic E-state index is 0.371. The third kappa shape index (κ3) is 4.91. The number of benzene rings is 1. The van der Waals surface area contributed by atoms with E-state index in [4.69, 9.17) is 0 Å². The maximum Gasteiger partial charge on any atom is 0.243 e. The molecule has 1 aromatic heterocycles. The van der Waals surface area contributed by atoms with Crippen LogP contribution in [0.25, 0.3) is 0 Å². The van der Waals surface area contributed by atoms with Gasteiger partial charge >= 0.3 is 0 Å². The van der Waals surface area contributed by atoms with Crippen LogP contribution in [0.1, 0.15) is 24.1 Å². The fourth-order valence-corrected chi connectivity index (χ4v) is 5.62. The van der Waals surface area contributed by atoms with Gasteiger partial charge in [0.05, 0.1) is 10.6 Å². The molecule has 1 saturated heterocycles. The Morgan fingerprint density at radius 2 is 2.00 bits per heavy atom. The quantitative estimate of drug-likeness (QED) is 0.752. The van der Waals surface area contributed by atoms with Crippen LogP contribution in [0.2, 0.25) is 0 Å². The molecule has 0 bridgehead atoms. The van der Waals surface area contributed by atoms with Crippen molar-refractivity contribution in [2.45, 2.75) is 31.2 Å². The molecule has 1 aliphatic rings. The second-order valence-corrected chi connectivity index (χ2v) is 9.62. The second-order valence-electron chi connectivity index (χ2n) is 6.76. The Labute approximate surface area is 164 Å². The molecule has 0 atom stereocenters. The van der Waals surface area contributed by atoms with Gasteiger partial charge < -0.3 is 5.32 Å². The predicted molar refractivity (Wildman–Crippen MR) is 106 cm³/mol. The number of aryl methyl sites for hydroxylation is 1. The van der Waals surface area contributed by atoms with Gasteiger partial charge in [0, 0.05) is 30.3 Å². The fraction of sp³-hybridized carbons (Fsp3) is 0.421. The maximum atomic E-state index is 12.9. The molecule has 0 saturated carbocycles. The van der Waals surface area contributed by atoms with Gasteiger partial charge in [0.25, 0.3) is 0 Å². The number of hydrogen-bond acceptors (Lipinski definition) is 4. The molecule has 1 fully saturated rings. The van der Waals surface area contributed by atoms with Crippen molar-refractivity contribution in [3.8, 4) is 0 Å². The van der Waals surface area contributed by atoms with Crippen molar-refractivity contribution >= 4 is 26.0 Å². The van der Waals surface area contributed by atoms with Crippen LogP contribution >= 0.6 is 15.9 Å². The van der Waals surface area contributed by atoms with Crippen molar-refractivity contribution in [1.29, 1.82) is 0 Å². The summed E-state index contributed by atoms with van der Waals surface area (Å²) >= 11 is 3.39. The zero-order valence-electron chi connectivity index (χ0n) is 14.9. The van der Waals surface area contributed by atoms with E-state index in [1.807, 2.05) is 31.2 Å².